The standard InChI is InChI=1S/C16H12BrN3/c1-10-6-7-13(17)12(8-10)16-19-15-11(9-18)4-3-5-14(15)20(16)2/h3-8H,1-2H3. The third-order valence-corrected chi connectivity index (χ3v) is 4.09. The van der Waals surface area contributed by atoms with E-state index in [4.69, 9.17) is 0 Å². The molecule has 0 N–H and O–H groups in total. The van der Waals surface area contributed by atoms with E-state index in [1.807, 2.05) is 29.8 Å². The molecule has 0 radical (unpaired) electrons. The van der Waals surface area contributed by atoms with Crippen LogP contribution in [0.1, 0.15) is 11.1 Å². The highest BCUT2D eigenvalue weighted by Gasteiger charge is 2.14. The predicted molar refractivity (Wildman–Crippen MR) is 83.3 cm³/mol. The molecule has 0 atom stereocenters. The summed E-state index contributed by atoms with van der Waals surface area (Å²) in [6, 6.07) is 14.0. The number of para-hydroxylation sites is 1. The third-order valence-electron chi connectivity index (χ3n) is 3.39. The van der Waals surface area contributed by atoms with Crippen LogP contribution < -0.4 is 0 Å². The Morgan fingerprint density at radius 3 is 2.80 bits per heavy atom. The highest BCUT2D eigenvalue weighted by Crippen LogP contribution is 2.31. The molecule has 20 heavy (non-hydrogen) atoms. The minimum absolute atomic E-state index is 0.605. The van der Waals surface area contributed by atoms with E-state index < -0.39 is 0 Å². The highest BCUT2D eigenvalue weighted by atomic mass is 79.9. The van der Waals surface area contributed by atoms with Crippen molar-refractivity contribution in [2.45, 2.75) is 6.92 Å². The van der Waals surface area contributed by atoms with Crippen molar-refractivity contribution >= 4 is 27.0 Å². The second kappa shape index (κ2) is 4.77. The maximum absolute atomic E-state index is 9.20. The first-order chi connectivity index (χ1) is 9.61. The lowest BCUT2D eigenvalue weighted by Crippen LogP contribution is -1.93. The highest BCUT2D eigenvalue weighted by molar-refractivity contribution is 9.10. The van der Waals surface area contributed by atoms with Crippen molar-refractivity contribution in [1.82, 2.24) is 9.55 Å². The van der Waals surface area contributed by atoms with Gasteiger partial charge in [0.05, 0.1) is 11.1 Å². The Morgan fingerprint density at radius 1 is 1.25 bits per heavy atom. The molecule has 3 aromatic rings. The number of rotatable bonds is 1. The molecule has 0 aliphatic carbocycles. The SMILES string of the molecule is Cc1ccc(Br)c(-c2nc3c(C#N)cccc3n2C)c1. The van der Waals surface area contributed by atoms with Gasteiger partial charge in [-0.2, -0.15) is 5.26 Å². The Morgan fingerprint density at radius 2 is 2.05 bits per heavy atom. The van der Waals surface area contributed by atoms with Gasteiger partial charge in [-0.25, -0.2) is 4.98 Å². The van der Waals surface area contributed by atoms with Crippen LogP contribution >= 0.6 is 15.9 Å². The van der Waals surface area contributed by atoms with E-state index in [1.165, 1.54) is 5.56 Å². The molecule has 0 spiro atoms. The Kier molecular flexibility index (Phi) is 3.07. The molecular weight excluding hydrogens is 314 g/mol. The van der Waals surface area contributed by atoms with Crippen molar-refractivity contribution in [3.05, 3.63) is 52.0 Å². The molecule has 2 aromatic carbocycles. The zero-order valence-electron chi connectivity index (χ0n) is 11.2. The zero-order valence-corrected chi connectivity index (χ0v) is 12.8. The van der Waals surface area contributed by atoms with Gasteiger partial charge in [0.25, 0.3) is 0 Å². The quantitative estimate of drug-likeness (QED) is 0.673. The fourth-order valence-electron chi connectivity index (χ4n) is 2.36. The van der Waals surface area contributed by atoms with Crippen LogP contribution in [0.5, 0.6) is 0 Å². The third kappa shape index (κ3) is 1.91. The van der Waals surface area contributed by atoms with Crippen molar-refractivity contribution in [1.29, 1.82) is 5.26 Å². The van der Waals surface area contributed by atoms with Crippen molar-refractivity contribution < 1.29 is 0 Å². The van der Waals surface area contributed by atoms with Crippen LogP contribution in [0.2, 0.25) is 0 Å². The maximum atomic E-state index is 9.20. The fourth-order valence-corrected chi connectivity index (χ4v) is 2.78. The minimum atomic E-state index is 0.605. The molecule has 0 bridgehead atoms. The lowest BCUT2D eigenvalue weighted by atomic mass is 10.1. The number of halogens is 1. The summed E-state index contributed by atoms with van der Waals surface area (Å²) in [5.74, 6) is 0.860. The molecule has 0 unspecified atom stereocenters. The first-order valence-electron chi connectivity index (χ1n) is 6.24. The number of benzene rings is 2. The molecule has 4 heteroatoms. The smallest absolute Gasteiger partial charge is 0.142 e. The van der Waals surface area contributed by atoms with Crippen LogP contribution in [0, 0.1) is 18.3 Å². The second-order valence-electron chi connectivity index (χ2n) is 4.76. The summed E-state index contributed by atoms with van der Waals surface area (Å²) in [6.45, 7) is 2.05. The Hall–Kier alpha value is -2.12. The maximum Gasteiger partial charge on any atom is 0.142 e. The van der Waals surface area contributed by atoms with E-state index in [-0.39, 0.29) is 0 Å². The number of aromatic nitrogens is 2. The van der Waals surface area contributed by atoms with Gasteiger partial charge < -0.3 is 4.57 Å². The van der Waals surface area contributed by atoms with E-state index in [0.717, 1.165) is 26.9 Å². The van der Waals surface area contributed by atoms with Gasteiger partial charge in [-0.1, -0.05) is 33.6 Å². The van der Waals surface area contributed by atoms with Crippen molar-refractivity contribution in [3.8, 4) is 17.5 Å². The number of hydrogen-bond acceptors (Lipinski definition) is 2. The molecule has 98 valence electrons. The number of nitrogens with zero attached hydrogens (tertiary/aromatic N) is 3. The van der Waals surface area contributed by atoms with E-state index in [0.29, 0.717) is 5.56 Å². The van der Waals surface area contributed by atoms with Gasteiger partial charge >= 0.3 is 0 Å². The predicted octanol–water partition coefficient (Wildman–Crippen LogP) is 4.18. The summed E-state index contributed by atoms with van der Waals surface area (Å²) in [5.41, 5.74) is 4.53. The molecule has 0 aliphatic rings. The number of nitriles is 1. The summed E-state index contributed by atoms with van der Waals surface area (Å²) >= 11 is 3.58. The fraction of sp³-hybridized carbons (Fsp3) is 0.125. The van der Waals surface area contributed by atoms with Crippen molar-refractivity contribution in [2.75, 3.05) is 0 Å². The lowest BCUT2D eigenvalue weighted by Gasteiger charge is -2.06. The van der Waals surface area contributed by atoms with Crippen molar-refractivity contribution in [2.24, 2.45) is 7.05 Å². The van der Waals surface area contributed by atoms with Gasteiger partial charge in [0, 0.05) is 17.1 Å². The van der Waals surface area contributed by atoms with E-state index >= 15 is 0 Å². The van der Waals surface area contributed by atoms with Crippen LogP contribution in [0.25, 0.3) is 22.4 Å². The molecule has 1 heterocycles. The number of fused-ring (bicyclic) bond motifs is 1. The topological polar surface area (TPSA) is 41.6 Å². The second-order valence-corrected chi connectivity index (χ2v) is 5.62. The average Bonchev–Trinajstić information content (AvgIpc) is 2.79. The van der Waals surface area contributed by atoms with Crippen LogP contribution in [0.4, 0.5) is 0 Å². The van der Waals surface area contributed by atoms with E-state index in [2.05, 4.69) is 46.0 Å². The van der Waals surface area contributed by atoms with Crippen LogP contribution in [-0.2, 0) is 7.05 Å². The van der Waals surface area contributed by atoms with Gasteiger partial charge in [-0.15, -0.1) is 0 Å². The molecule has 0 saturated heterocycles. The van der Waals surface area contributed by atoms with Gasteiger partial charge in [0.1, 0.15) is 17.4 Å². The van der Waals surface area contributed by atoms with Gasteiger partial charge in [-0.05, 0) is 31.2 Å². The van der Waals surface area contributed by atoms with Gasteiger partial charge in [0.2, 0.25) is 0 Å². The molecule has 0 fully saturated rings. The average molecular weight is 326 g/mol. The lowest BCUT2D eigenvalue weighted by molar-refractivity contribution is 0.958. The molecule has 1 aromatic heterocycles. The Balaban J connectivity index is 2.36. The monoisotopic (exact) mass is 325 g/mol. The summed E-state index contributed by atoms with van der Waals surface area (Å²) in [7, 11) is 1.97. The number of hydrogen-bond donors (Lipinski definition) is 0. The molecule has 3 rings (SSSR count). The molecular formula is C16H12BrN3. The summed E-state index contributed by atoms with van der Waals surface area (Å²) in [5, 5.41) is 9.20. The summed E-state index contributed by atoms with van der Waals surface area (Å²) in [4.78, 5) is 4.67. The zero-order chi connectivity index (χ0) is 14.3. The minimum Gasteiger partial charge on any atom is -0.327 e. The molecule has 3 nitrogen and oxygen atoms in total. The first kappa shape index (κ1) is 12.9. The van der Waals surface area contributed by atoms with Crippen LogP contribution in [0.15, 0.2) is 40.9 Å². The summed E-state index contributed by atoms with van der Waals surface area (Å²) in [6.07, 6.45) is 0. The molecule has 0 amide bonds. The Labute approximate surface area is 125 Å². The van der Waals surface area contributed by atoms with Crippen LogP contribution in [-0.4, -0.2) is 9.55 Å². The number of aryl methyl sites for hydroxylation is 2. The first-order valence-corrected chi connectivity index (χ1v) is 7.03. The Bertz CT molecular complexity index is 856. The largest absolute Gasteiger partial charge is 0.327 e. The van der Waals surface area contributed by atoms with Gasteiger partial charge in [0.15, 0.2) is 0 Å². The molecule has 0 aliphatic heterocycles. The normalized spacial score (nSPS) is 10.7. The van der Waals surface area contributed by atoms with Crippen LogP contribution in [0.3, 0.4) is 0 Å². The van der Waals surface area contributed by atoms with Gasteiger partial charge in [-0.3, -0.25) is 0 Å². The van der Waals surface area contributed by atoms with E-state index in [1.54, 1.807) is 6.07 Å². The van der Waals surface area contributed by atoms with E-state index in [9.17, 15) is 5.26 Å². The number of imidazole rings is 1. The van der Waals surface area contributed by atoms with Crippen molar-refractivity contribution in [3.63, 3.8) is 0 Å². The summed E-state index contributed by atoms with van der Waals surface area (Å²) < 4.78 is 3.02. The molecule has 0 saturated carbocycles.